The Balaban J connectivity index is 4.93. The fraction of sp³-hybridized carbons (Fsp3) is 0.615. The normalized spacial score (nSPS) is 14.0. The maximum absolute atomic E-state index is 12.1. The lowest BCUT2D eigenvalue weighted by atomic mass is 10.1. The lowest BCUT2D eigenvalue weighted by Crippen LogP contribution is -2.53. The lowest BCUT2D eigenvalue weighted by Gasteiger charge is -2.22. The highest BCUT2D eigenvalue weighted by Crippen LogP contribution is 2.08. The van der Waals surface area contributed by atoms with Gasteiger partial charge in [-0.05, 0) is 6.42 Å². The average Bonchev–Trinajstić information content (AvgIpc) is 2.53. The van der Waals surface area contributed by atoms with Gasteiger partial charge in [0, 0.05) is 17.9 Å². The van der Waals surface area contributed by atoms with Crippen molar-refractivity contribution in [3.8, 4) is 0 Å². The van der Waals surface area contributed by atoms with Crippen LogP contribution in [0.15, 0.2) is 0 Å². The van der Waals surface area contributed by atoms with E-state index in [1.54, 1.807) is 0 Å². The van der Waals surface area contributed by atoms with E-state index in [2.05, 4.69) is 10.6 Å². The summed E-state index contributed by atoms with van der Waals surface area (Å²) in [6.07, 6.45) is -0.406. The van der Waals surface area contributed by atoms with Crippen molar-refractivity contribution in [2.24, 2.45) is 11.5 Å². The number of hydrogen-bond acceptors (Lipinski definition) is 8. The van der Waals surface area contributed by atoms with Gasteiger partial charge in [-0.2, -0.15) is 11.8 Å². The van der Waals surface area contributed by atoms with Crippen LogP contribution in [-0.4, -0.2) is 81.2 Å². The first kappa shape index (κ1) is 23.6. The second-order valence-corrected chi connectivity index (χ2v) is 6.28. The monoisotopic (exact) mass is 394 g/mol. The summed E-state index contributed by atoms with van der Waals surface area (Å²) < 4.78 is 0. The smallest absolute Gasteiger partial charge is 0.322 e. The topological polar surface area (TPSA) is 222 Å². The quantitative estimate of drug-likeness (QED) is 0.157. The predicted molar refractivity (Wildman–Crippen MR) is 90.4 cm³/mol. The van der Waals surface area contributed by atoms with Crippen LogP contribution < -0.4 is 22.1 Å². The van der Waals surface area contributed by atoms with Crippen LogP contribution in [0.3, 0.4) is 0 Å². The maximum atomic E-state index is 12.1. The van der Waals surface area contributed by atoms with Gasteiger partial charge in [0.1, 0.15) is 18.6 Å². The number of nitrogens with one attached hydrogen (secondary N) is 2. The van der Waals surface area contributed by atoms with E-state index in [0.717, 1.165) is 11.8 Å². The molecule has 3 atom stereocenters. The summed E-state index contributed by atoms with van der Waals surface area (Å²) in [6.45, 7) is -0.671. The van der Waals surface area contributed by atoms with Gasteiger partial charge in [-0.3, -0.25) is 29.3 Å². The van der Waals surface area contributed by atoms with Crippen molar-refractivity contribution in [3.63, 3.8) is 0 Å². The van der Waals surface area contributed by atoms with Crippen LogP contribution in [0.4, 0.5) is 0 Å². The zero-order valence-corrected chi connectivity index (χ0v) is 14.5. The molecule has 0 saturated heterocycles. The van der Waals surface area contributed by atoms with Crippen molar-refractivity contribution in [2.45, 2.75) is 31.0 Å². The molecule has 9 N–H and O–H groups in total. The zero-order valence-electron chi connectivity index (χ0n) is 13.7. The van der Waals surface area contributed by atoms with Crippen molar-refractivity contribution in [1.82, 2.24) is 10.6 Å². The standard InChI is InChI=1S/C13H22N4O8S/c14-6(12(22)23)4-26-5-8(11(21)16-3-10(19)20)17-7(13(24)25)1-2-9(15)18/h6-8,17H,1-5,14H2,(H2,15,18)(H,16,21)(H,19,20)(H,22,23)(H,24,25)/t6?,7-,8?/m1/s1. The Hall–Kier alpha value is -2.38. The Bertz CT molecular complexity index is 544. The molecular formula is C13H22N4O8S. The molecule has 13 heteroatoms. The number of primary amides is 1. The first-order valence-corrected chi connectivity index (χ1v) is 8.52. The highest BCUT2D eigenvalue weighted by molar-refractivity contribution is 7.99. The number of carboxylic acid groups (broad SMARTS) is 3. The number of hydrogen-bond donors (Lipinski definition) is 7. The van der Waals surface area contributed by atoms with Gasteiger partial charge in [-0.25, -0.2) is 0 Å². The summed E-state index contributed by atoms with van der Waals surface area (Å²) in [5.74, 6) is -5.45. The SMILES string of the molecule is NC(=O)CC[C@@H](NC(CSCC(N)C(=O)O)C(=O)NCC(=O)O)C(=O)O. The Morgan fingerprint density at radius 3 is 2.04 bits per heavy atom. The maximum Gasteiger partial charge on any atom is 0.322 e. The minimum absolute atomic E-state index is 0.0429. The van der Waals surface area contributed by atoms with Crippen LogP contribution in [0.2, 0.25) is 0 Å². The molecule has 148 valence electrons. The van der Waals surface area contributed by atoms with Crippen molar-refractivity contribution >= 4 is 41.5 Å². The van der Waals surface area contributed by atoms with Crippen LogP contribution in [0.5, 0.6) is 0 Å². The molecule has 0 radical (unpaired) electrons. The van der Waals surface area contributed by atoms with Crippen LogP contribution in [0.25, 0.3) is 0 Å². The second-order valence-electron chi connectivity index (χ2n) is 5.21. The molecule has 0 saturated carbocycles. The van der Waals surface area contributed by atoms with E-state index in [-0.39, 0.29) is 24.3 Å². The summed E-state index contributed by atoms with van der Waals surface area (Å²) in [5.41, 5.74) is 10.3. The Kier molecular flexibility index (Phi) is 10.9. The van der Waals surface area contributed by atoms with Crippen molar-refractivity contribution in [2.75, 3.05) is 18.1 Å². The number of carbonyl (C=O) groups is 5. The van der Waals surface area contributed by atoms with Crippen molar-refractivity contribution in [1.29, 1.82) is 0 Å². The molecule has 0 aliphatic rings. The van der Waals surface area contributed by atoms with Gasteiger partial charge in [0.15, 0.2) is 0 Å². The zero-order chi connectivity index (χ0) is 20.3. The summed E-state index contributed by atoms with van der Waals surface area (Å²) in [5, 5.41) is 31.1. The van der Waals surface area contributed by atoms with Crippen LogP contribution in [0, 0.1) is 0 Å². The first-order chi connectivity index (χ1) is 12.0. The molecule has 0 heterocycles. The van der Waals surface area contributed by atoms with Gasteiger partial charge in [0.05, 0.1) is 6.04 Å². The van der Waals surface area contributed by atoms with E-state index in [1.807, 2.05) is 0 Å². The van der Waals surface area contributed by atoms with Crippen LogP contribution in [0.1, 0.15) is 12.8 Å². The van der Waals surface area contributed by atoms with E-state index in [4.69, 9.17) is 21.7 Å². The molecule has 2 unspecified atom stereocenters. The van der Waals surface area contributed by atoms with Crippen molar-refractivity contribution in [3.05, 3.63) is 0 Å². The second kappa shape index (κ2) is 12.1. The molecule has 0 fully saturated rings. The van der Waals surface area contributed by atoms with E-state index in [1.165, 1.54) is 0 Å². The molecule has 0 aromatic carbocycles. The van der Waals surface area contributed by atoms with Crippen LogP contribution in [-0.2, 0) is 24.0 Å². The number of amides is 2. The van der Waals surface area contributed by atoms with E-state index in [0.29, 0.717) is 0 Å². The van der Waals surface area contributed by atoms with Gasteiger partial charge in [0.2, 0.25) is 11.8 Å². The van der Waals surface area contributed by atoms with Crippen LogP contribution >= 0.6 is 11.8 Å². The minimum Gasteiger partial charge on any atom is -0.480 e. The Morgan fingerprint density at radius 1 is 0.962 bits per heavy atom. The predicted octanol–water partition coefficient (Wildman–Crippen LogP) is -2.99. The third-order valence-corrected chi connectivity index (χ3v) is 4.17. The molecule has 26 heavy (non-hydrogen) atoms. The molecule has 0 rings (SSSR count). The first-order valence-electron chi connectivity index (χ1n) is 7.37. The van der Waals surface area contributed by atoms with E-state index < -0.39 is 54.4 Å². The van der Waals surface area contributed by atoms with E-state index in [9.17, 15) is 29.1 Å². The Labute approximate surface area is 152 Å². The Morgan fingerprint density at radius 2 is 1.58 bits per heavy atom. The molecule has 2 amide bonds. The van der Waals surface area contributed by atoms with E-state index >= 15 is 0 Å². The number of nitrogens with two attached hydrogens (primary N) is 2. The lowest BCUT2D eigenvalue weighted by molar-refractivity contribution is -0.141. The molecule has 0 aliphatic carbocycles. The molecule has 0 aliphatic heterocycles. The fourth-order valence-electron chi connectivity index (χ4n) is 1.68. The number of thioether (sulfide) groups is 1. The largest absolute Gasteiger partial charge is 0.480 e. The minimum atomic E-state index is -1.32. The molecular weight excluding hydrogens is 372 g/mol. The number of aliphatic carboxylic acids is 3. The number of carbonyl (C=O) groups excluding carboxylic acids is 2. The van der Waals surface area contributed by atoms with Gasteiger partial charge in [0.25, 0.3) is 0 Å². The van der Waals surface area contributed by atoms with Gasteiger partial charge in [-0.1, -0.05) is 0 Å². The summed E-state index contributed by atoms with van der Waals surface area (Å²) in [6, 6.07) is -3.60. The van der Waals surface area contributed by atoms with Crippen molar-refractivity contribution < 1.29 is 39.3 Å². The highest BCUT2D eigenvalue weighted by atomic mass is 32.2. The fourth-order valence-corrected chi connectivity index (χ4v) is 2.69. The molecule has 0 bridgehead atoms. The molecule has 0 aromatic rings. The molecule has 0 spiro atoms. The van der Waals surface area contributed by atoms with Gasteiger partial charge < -0.3 is 32.1 Å². The van der Waals surface area contributed by atoms with Gasteiger partial charge in [-0.15, -0.1) is 0 Å². The summed E-state index contributed by atoms with van der Waals surface area (Å²) >= 11 is 0.977. The highest BCUT2D eigenvalue weighted by Gasteiger charge is 2.27. The third kappa shape index (κ3) is 10.5. The molecule has 0 aromatic heterocycles. The summed E-state index contributed by atoms with van der Waals surface area (Å²) in [4.78, 5) is 55.4. The van der Waals surface area contributed by atoms with Gasteiger partial charge >= 0.3 is 17.9 Å². The average molecular weight is 394 g/mol. The third-order valence-electron chi connectivity index (χ3n) is 3.01. The summed E-state index contributed by atoms with van der Waals surface area (Å²) in [7, 11) is 0. The number of carboxylic acids is 3. The molecule has 12 nitrogen and oxygen atoms in total. The number of rotatable bonds is 14.